The molecular weight excluding hydrogens is 248 g/mol. The lowest BCUT2D eigenvalue weighted by Crippen LogP contribution is -2.39. The van der Waals surface area contributed by atoms with E-state index in [2.05, 4.69) is 48.5 Å². The predicted molar refractivity (Wildman–Crippen MR) is 84.2 cm³/mol. The summed E-state index contributed by atoms with van der Waals surface area (Å²) >= 11 is 0. The van der Waals surface area contributed by atoms with Crippen LogP contribution < -0.4 is 10.1 Å². The van der Waals surface area contributed by atoms with E-state index in [4.69, 9.17) is 4.74 Å². The van der Waals surface area contributed by atoms with Crippen LogP contribution in [0.2, 0.25) is 0 Å². The summed E-state index contributed by atoms with van der Waals surface area (Å²) in [6.45, 7) is 5.20. The summed E-state index contributed by atoms with van der Waals surface area (Å²) < 4.78 is 5.78. The third-order valence-corrected chi connectivity index (χ3v) is 4.15. The largest absolute Gasteiger partial charge is 0.494 e. The van der Waals surface area contributed by atoms with Crippen LogP contribution in [0, 0.1) is 5.92 Å². The number of rotatable bonds is 6. The SMILES string of the molecule is CCCOc1cccc(C2C(CNC)CCCN2C)c1. The van der Waals surface area contributed by atoms with Gasteiger partial charge in [-0.1, -0.05) is 19.1 Å². The first kappa shape index (κ1) is 15.3. The van der Waals surface area contributed by atoms with Crippen LogP contribution in [0.15, 0.2) is 24.3 Å². The van der Waals surface area contributed by atoms with Crippen LogP contribution in [-0.2, 0) is 0 Å². The Labute approximate surface area is 123 Å². The lowest BCUT2D eigenvalue weighted by Gasteiger charge is -2.39. The highest BCUT2D eigenvalue weighted by molar-refractivity contribution is 5.31. The average molecular weight is 276 g/mol. The molecule has 0 saturated carbocycles. The average Bonchev–Trinajstić information content (AvgIpc) is 2.46. The van der Waals surface area contributed by atoms with E-state index in [1.807, 2.05) is 7.05 Å². The van der Waals surface area contributed by atoms with E-state index in [9.17, 15) is 0 Å². The van der Waals surface area contributed by atoms with Gasteiger partial charge >= 0.3 is 0 Å². The Morgan fingerprint density at radius 3 is 3.00 bits per heavy atom. The molecule has 1 saturated heterocycles. The Morgan fingerprint density at radius 2 is 2.25 bits per heavy atom. The number of hydrogen-bond donors (Lipinski definition) is 1. The Bertz CT molecular complexity index is 406. The van der Waals surface area contributed by atoms with E-state index in [1.54, 1.807) is 0 Å². The number of piperidine rings is 1. The van der Waals surface area contributed by atoms with Crippen molar-refractivity contribution in [2.45, 2.75) is 32.2 Å². The zero-order valence-electron chi connectivity index (χ0n) is 13.1. The maximum absolute atomic E-state index is 5.78. The first-order valence-corrected chi connectivity index (χ1v) is 7.83. The highest BCUT2D eigenvalue weighted by Crippen LogP contribution is 2.35. The number of hydrogen-bond acceptors (Lipinski definition) is 3. The van der Waals surface area contributed by atoms with E-state index >= 15 is 0 Å². The summed E-state index contributed by atoms with van der Waals surface area (Å²) in [7, 11) is 4.29. The zero-order chi connectivity index (χ0) is 14.4. The minimum atomic E-state index is 0.501. The fraction of sp³-hybridized carbons (Fsp3) is 0.647. The van der Waals surface area contributed by atoms with E-state index in [-0.39, 0.29) is 0 Å². The first-order valence-electron chi connectivity index (χ1n) is 7.83. The van der Waals surface area contributed by atoms with Gasteiger partial charge in [0.15, 0.2) is 0 Å². The van der Waals surface area contributed by atoms with Crippen LogP contribution >= 0.6 is 0 Å². The van der Waals surface area contributed by atoms with Crippen molar-refractivity contribution in [3.63, 3.8) is 0 Å². The summed E-state index contributed by atoms with van der Waals surface area (Å²) in [5, 5.41) is 3.35. The molecule has 1 N–H and O–H groups in total. The molecule has 1 aliphatic heterocycles. The second-order valence-corrected chi connectivity index (χ2v) is 5.81. The molecule has 0 amide bonds. The van der Waals surface area contributed by atoms with E-state index in [0.717, 1.165) is 25.3 Å². The monoisotopic (exact) mass is 276 g/mol. The smallest absolute Gasteiger partial charge is 0.119 e. The van der Waals surface area contributed by atoms with Gasteiger partial charge in [0.1, 0.15) is 5.75 Å². The molecule has 3 nitrogen and oxygen atoms in total. The van der Waals surface area contributed by atoms with Crippen LogP contribution in [0.3, 0.4) is 0 Å². The quantitative estimate of drug-likeness (QED) is 0.864. The van der Waals surface area contributed by atoms with E-state index in [1.165, 1.54) is 24.9 Å². The lowest BCUT2D eigenvalue weighted by molar-refractivity contribution is 0.120. The summed E-state index contributed by atoms with van der Waals surface area (Å²) in [5.41, 5.74) is 1.39. The van der Waals surface area contributed by atoms with Crippen molar-refractivity contribution < 1.29 is 4.74 Å². The van der Waals surface area contributed by atoms with Gasteiger partial charge in [0, 0.05) is 6.04 Å². The molecule has 0 aromatic heterocycles. The molecule has 1 fully saturated rings. The summed E-state index contributed by atoms with van der Waals surface area (Å²) in [4.78, 5) is 2.49. The van der Waals surface area contributed by atoms with E-state index < -0.39 is 0 Å². The molecule has 1 heterocycles. The highest BCUT2D eigenvalue weighted by atomic mass is 16.5. The minimum Gasteiger partial charge on any atom is -0.494 e. The van der Waals surface area contributed by atoms with Gasteiger partial charge in [-0.15, -0.1) is 0 Å². The number of benzene rings is 1. The van der Waals surface area contributed by atoms with Crippen molar-refractivity contribution in [3.8, 4) is 5.75 Å². The zero-order valence-corrected chi connectivity index (χ0v) is 13.1. The maximum atomic E-state index is 5.78. The molecule has 0 spiro atoms. The van der Waals surface area contributed by atoms with Crippen LogP contribution in [0.5, 0.6) is 5.75 Å². The molecule has 1 aliphatic rings. The normalized spacial score (nSPS) is 23.8. The Kier molecular flexibility index (Phi) is 5.86. The Morgan fingerprint density at radius 1 is 1.40 bits per heavy atom. The number of nitrogens with one attached hydrogen (secondary N) is 1. The van der Waals surface area contributed by atoms with Crippen molar-refractivity contribution >= 4 is 0 Å². The van der Waals surface area contributed by atoms with Crippen molar-refractivity contribution in [1.29, 1.82) is 0 Å². The van der Waals surface area contributed by atoms with Crippen LogP contribution in [0.4, 0.5) is 0 Å². The van der Waals surface area contributed by atoms with Crippen LogP contribution in [0.1, 0.15) is 37.8 Å². The second kappa shape index (κ2) is 7.65. The standard InChI is InChI=1S/C17H28N2O/c1-4-11-20-16-9-5-7-14(12-16)17-15(13-18-2)8-6-10-19(17)3/h5,7,9,12,15,17-18H,4,6,8,10-11,13H2,1-3H3. The van der Waals surface area contributed by atoms with Crippen molar-refractivity contribution in [2.24, 2.45) is 5.92 Å². The van der Waals surface area contributed by atoms with Gasteiger partial charge in [0.05, 0.1) is 6.61 Å². The van der Waals surface area contributed by atoms with Gasteiger partial charge in [-0.3, -0.25) is 4.90 Å². The first-order chi connectivity index (χ1) is 9.76. The Hall–Kier alpha value is -1.06. The molecule has 1 aromatic rings. The molecular formula is C17H28N2O. The van der Waals surface area contributed by atoms with Gasteiger partial charge in [-0.2, -0.15) is 0 Å². The van der Waals surface area contributed by atoms with Gasteiger partial charge < -0.3 is 10.1 Å². The summed E-state index contributed by atoms with van der Waals surface area (Å²) in [5.74, 6) is 1.69. The summed E-state index contributed by atoms with van der Waals surface area (Å²) in [6.07, 6.45) is 3.65. The molecule has 20 heavy (non-hydrogen) atoms. The molecule has 0 bridgehead atoms. The van der Waals surface area contributed by atoms with Gasteiger partial charge in [0.2, 0.25) is 0 Å². The third-order valence-electron chi connectivity index (χ3n) is 4.15. The number of ether oxygens (including phenoxy) is 1. The Balaban J connectivity index is 2.17. The molecule has 0 aliphatic carbocycles. The minimum absolute atomic E-state index is 0.501. The van der Waals surface area contributed by atoms with Crippen LogP contribution in [-0.4, -0.2) is 38.7 Å². The molecule has 1 aromatic carbocycles. The predicted octanol–water partition coefficient (Wildman–Crippen LogP) is 3.08. The highest BCUT2D eigenvalue weighted by Gasteiger charge is 2.30. The molecule has 2 unspecified atom stereocenters. The fourth-order valence-electron chi connectivity index (χ4n) is 3.27. The van der Waals surface area contributed by atoms with Crippen LogP contribution in [0.25, 0.3) is 0 Å². The lowest BCUT2D eigenvalue weighted by atomic mass is 9.85. The maximum Gasteiger partial charge on any atom is 0.119 e. The molecule has 3 heteroatoms. The van der Waals surface area contributed by atoms with Gasteiger partial charge in [-0.25, -0.2) is 0 Å². The van der Waals surface area contributed by atoms with Crippen molar-refractivity contribution in [1.82, 2.24) is 10.2 Å². The molecule has 2 atom stereocenters. The van der Waals surface area contributed by atoms with Crippen molar-refractivity contribution in [2.75, 3.05) is 33.8 Å². The van der Waals surface area contributed by atoms with Crippen molar-refractivity contribution in [3.05, 3.63) is 29.8 Å². The topological polar surface area (TPSA) is 24.5 Å². The van der Waals surface area contributed by atoms with Gasteiger partial charge in [0.25, 0.3) is 0 Å². The summed E-state index contributed by atoms with van der Waals surface area (Å²) in [6, 6.07) is 9.16. The van der Waals surface area contributed by atoms with Gasteiger partial charge in [-0.05, 0) is 70.1 Å². The van der Waals surface area contributed by atoms with E-state index in [0.29, 0.717) is 12.0 Å². The number of nitrogens with zero attached hydrogens (tertiary/aromatic N) is 1. The molecule has 112 valence electrons. The molecule has 0 radical (unpaired) electrons. The third kappa shape index (κ3) is 3.74. The second-order valence-electron chi connectivity index (χ2n) is 5.81. The fourth-order valence-corrected chi connectivity index (χ4v) is 3.27. The number of likely N-dealkylation sites (tertiary alicyclic amines) is 1. The molecule has 2 rings (SSSR count).